The summed E-state index contributed by atoms with van der Waals surface area (Å²) in [4.78, 5) is 13.8. The number of likely N-dealkylation sites (tertiary alicyclic amines) is 1. The quantitative estimate of drug-likeness (QED) is 0.519. The Hall–Kier alpha value is -1.88. The number of aliphatic carboxylic acids is 1. The Kier molecular flexibility index (Phi) is 10.0. The molecular weight excluding hydrogens is 410 g/mol. The van der Waals surface area contributed by atoms with Gasteiger partial charge in [0.15, 0.2) is 0 Å². The maximum absolute atomic E-state index is 11.7. The number of nitrogens with zero attached hydrogens (tertiary/aromatic N) is 1. The number of carbonyl (C=O) groups is 1. The summed E-state index contributed by atoms with van der Waals surface area (Å²) < 4.78 is 6.64. The first-order valence-electron chi connectivity index (χ1n) is 11.2. The molecule has 1 unspecified atom stereocenters. The van der Waals surface area contributed by atoms with Gasteiger partial charge in [0.25, 0.3) is 0 Å². The van der Waals surface area contributed by atoms with Crippen LogP contribution < -0.4 is 0 Å². The minimum Gasteiger partial charge on any atom is -0.480 e. The minimum absolute atomic E-state index is 0. The number of aryl methyl sites for hydroxylation is 2. The second kappa shape index (κ2) is 12.2. The molecule has 0 spiro atoms. The van der Waals surface area contributed by atoms with E-state index in [0.29, 0.717) is 0 Å². The van der Waals surface area contributed by atoms with Crippen LogP contribution in [0.4, 0.5) is 0 Å². The zero-order valence-electron chi connectivity index (χ0n) is 18.9. The second-order valence-electron chi connectivity index (χ2n) is 8.57. The molecule has 1 N–H and O–H groups in total. The third-order valence-electron chi connectivity index (χ3n) is 6.12. The lowest BCUT2D eigenvalue weighted by Gasteiger charge is -2.37. The van der Waals surface area contributed by atoms with E-state index in [0.717, 1.165) is 45.2 Å². The van der Waals surface area contributed by atoms with E-state index in [4.69, 9.17) is 4.74 Å². The van der Waals surface area contributed by atoms with Crippen molar-refractivity contribution in [3.05, 3.63) is 70.8 Å². The maximum atomic E-state index is 11.7. The number of halogens is 1. The molecule has 2 aromatic carbocycles. The largest absolute Gasteiger partial charge is 0.480 e. The number of ether oxygens (including phenoxy) is 1. The average Bonchev–Trinajstić information content (AvgIpc) is 2.74. The monoisotopic (exact) mass is 445 g/mol. The number of carboxylic acids is 1. The Bertz CT molecular complexity index is 753. The van der Waals surface area contributed by atoms with Crippen molar-refractivity contribution in [1.82, 2.24) is 4.90 Å². The fourth-order valence-corrected chi connectivity index (χ4v) is 4.21. The number of hydrogen-bond donors (Lipinski definition) is 1. The van der Waals surface area contributed by atoms with Crippen molar-refractivity contribution in [3.8, 4) is 0 Å². The first kappa shape index (κ1) is 25.4. The van der Waals surface area contributed by atoms with Crippen LogP contribution in [0.2, 0.25) is 0 Å². The zero-order chi connectivity index (χ0) is 21.5. The van der Waals surface area contributed by atoms with Gasteiger partial charge in [0.2, 0.25) is 0 Å². The predicted octanol–water partition coefficient (Wildman–Crippen LogP) is 5.94. The topological polar surface area (TPSA) is 49.8 Å². The molecule has 2 aromatic rings. The molecule has 1 saturated heterocycles. The predicted molar refractivity (Wildman–Crippen MR) is 128 cm³/mol. The molecule has 0 radical (unpaired) electrons. The summed E-state index contributed by atoms with van der Waals surface area (Å²) in [6, 6.07) is 16.8. The van der Waals surface area contributed by atoms with Gasteiger partial charge < -0.3 is 9.84 Å². The summed E-state index contributed by atoms with van der Waals surface area (Å²) in [5, 5.41) is 9.63. The number of unbranched alkanes of at least 4 members (excludes halogenated alkanes) is 1. The van der Waals surface area contributed by atoms with Gasteiger partial charge in [-0.25, -0.2) is 0 Å². The fourth-order valence-electron chi connectivity index (χ4n) is 4.21. The van der Waals surface area contributed by atoms with Gasteiger partial charge in [0.05, 0.1) is 6.10 Å². The van der Waals surface area contributed by atoms with Crippen molar-refractivity contribution in [2.75, 3.05) is 13.1 Å². The molecule has 0 aromatic heterocycles. The molecule has 170 valence electrons. The van der Waals surface area contributed by atoms with E-state index in [9.17, 15) is 9.90 Å². The lowest BCUT2D eigenvalue weighted by atomic mass is 9.98. The molecule has 1 aliphatic rings. The van der Waals surface area contributed by atoms with Gasteiger partial charge >= 0.3 is 5.97 Å². The molecule has 1 fully saturated rings. The first-order chi connectivity index (χ1) is 14.5. The highest BCUT2D eigenvalue weighted by atomic mass is 35.5. The second-order valence-corrected chi connectivity index (χ2v) is 8.57. The van der Waals surface area contributed by atoms with E-state index >= 15 is 0 Å². The van der Waals surface area contributed by atoms with Gasteiger partial charge in [-0.15, -0.1) is 12.4 Å². The van der Waals surface area contributed by atoms with Crippen LogP contribution >= 0.6 is 12.4 Å². The number of piperidine rings is 1. The van der Waals surface area contributed by atoms with Crippen molar-refractivity contribution >= 4 is 18.4 Å². The molecule has 5 heteroatoms. The molecule has 1 atom stereocenters. The van der Waals surface area contributed by atoms with Crippen LogP contribution in [0.1, 0.15) is 67.4 Å². The molecule has 0 aliphatic carbocycles. The number of rotatable bonds is 9. The Morgan fingerprint density at radius 2 is 1.48 bits per heavy atom. The molecule has 4 nitrogen and oxygen atoms in total. The van der Waals surface area contributed by atoms with Gasteiger partial charge in [-0.1, -0.05) is 79.4 Å². The number of benzene rings is 2. The van der Waals surface area contributed by atoms with Crippen molar-refractivity contribution in [2.45, 2.75) is 71.1 Å². The third kappa shape index (κ3) is 7.06. The fraction of sp³-hybridized carbons (Fsp3) is 0.500. The summed E-state index contributed by atoms with van der Waals surface area (Å²) in [6.07, 6.45) is 4.47. The molecular formula is C26H36ClNO3. The summed E-state index contributed by atoms with van der Waals surface area (Å²) in [5.74, 6) is -0.694. The summed E-state index contributed by atoms with van der Waals surface area (Å²) in [5.41, 5.74) is 4.81. The van der Waals surface area contributed by atoms with Crippen LogP contribution in [-0.2, 0) is 9.53 Å². The van der Waals surface area contributed by atoms with E-state index in [2.05, 4.69) is 74.2 Å². The number of carboxylic acid groups (broad SMARTS) is 1. The highest BCUT2D eigenvalue weighted by Crippen LogP contribution is 2.31. The van der Waals surface area contributed by atoms with Gasteiger partial charge in [0, 0.05) is 13.1 Å². The van der Waals surface area contributed by atoms with E-state index < -0.39 is 5.97 Å². The van der Waals surface area contributed by atoms with E-state index in [1.54, 1.807) is 0 Å². The Morgan fingerprint density at radius 1 is 1.00 bits per heavy atom. The Balaban J connectivity index is 0.00000341. The SMILES string of the molecule is CCCCC(C(=O)O)N1CCC(OC(c2ccc(C)cc2)c2ccc(C)cc2)CC1.Cl. The van der Waals surface area contributed by atoms with Crippen LogP contribution in [0.25, 0.3) is 0 Å². The van der Waals surface area contributed by atoms with Gasteiger partial charge in [0.1, 0.15) is 12.1 Å². The summed E-state index contributed by atoms with van der Waals surface area (Å²) >= 11 is 0. The molecule has 0 saturated carbocycles. The van der Waals surface area contributed by atoms with Gasteiger partial charge in [-0.2, -0.15) is 0 Å². The van der Waals surface area contributed by atoms with E-state index in [-0.39, 0.29) is 30.7 Å². The molecule has 31 heavy (non-hydrogen) atoms. The lowest BCUT2D eigenvalue weighted by Crippen LogP contribution is -2.47. The van der Waals surface area contributed by atoms with Crippen LogP contribution in [-0.4, -0.2) is 41.2 Å². The van der Waals surface area contributed by atoms with Crippen LogP contribution in [0.15, 0.2) is 48.5 Å². The zero-order valence-corrected chi connectivity index (χ0v) is 19.7. The standard InChI is InChI=1S/C26H35NO3.ClH/c1-4-5-6-24(26(28)29)27-17-15-23(16-18-27)30-25(21-11-7-19(2)8-12-21)22-13-9-20(3)10-14-22;/h7-14,23-25H,4-6,15-18H2,1-3H3,(H,28,29);1H. The summed E-state index contributed by atoms with van der Waals surface area (Å²) in [6.45, 7) is 7.85. The van der Waals surface area contributed by atoms with E-state index in [1.807, 2.05) is 0 Å². The van der Waals surface area contributed by atoms with Crippen molar-refractivity contribution in [2.24, 2.45) is 0 Å². The molecule has 3 rings (SSSR count). The summed E-state index contributed by atoms with van der Waals surface area (Å²) in [7, 11) is 0. The van der Waals surface area contributed by atoms with Crippen LogP contribution in [0, 0.1) is 13.8 Å². The average molecular weight is 446 g/mol. The van der Waals surface area contributed by atoms with Gasteiger partial charge in [-0.05, 0) is 44.2 Å². The molecule has 0 amide bonds. The maximum Gasteiger partial charge on any atom is 0.320 e. The smallest absolute Gasteiger partial charge is 0.320 e. The highest BCUT2D eigenvalue weighted by Gasteiger charge is 2.31. The normalized spacial score (nSPS) is 16.1. The molecule has 1 aliphatic heterocycles. The lowest BCUT2D eigenvalue weighted by molar-refractivity contribution is -0.145. The number of hydrogen-bond acceptors (Lipinski definition) is 3. The Morgan fingerprint density at radius 3 is 1.90 bits per heavy atom. The van der Waals surface area contributed by atoms with E-state index in [1.165, 1.54) is 22.3 Å². The van der Waals surface area contributed by atoms with Crippen LogP contribution in [0.3, 0.4) is 0 Å². The molecule has 1 heterocycles. The van der Waals surface area contributed by atoms with Gasteiger partial charge in [-0.3, -0.25) is 9.69 Å². The minimum atomic E-state index is -0.694. The third-order valence-corrected chi connectivity index (χ3v) is 6.12. The van der Waals surface area contributed by atoms with Crippen molar-refractivity contribution < 1.29 is 14.6 Å². The molecule has 0 bridgehead atoms. The Labute approximate surface area is 193 Å². The first-order valence-corrected chi connectivity index (χ1v) is 11.2. The van der Waals surface area contributed by atoms with Crippen molar-refractivity contribution in [1.29, 1.82) is 0 Å². The highest BCUT2D eigenvalue weighted by molar-refractivity contribution is 5.85. The van der Waals surface area contributed by atoms with Crippen molar-refractivity contribution in [3.63, 3.8) is 0 Å². The van der Waals surface area contributed by atoms with Crippen LogP contribution in [0.5, 0.6) is 0 Å².